The summed E-state index contributed by atoms with van der Waals surface area (Å²) in [4.78, 5) is 23.9. The lowest BCUT2D eigenvalue weighted by Gasteiger charge is -2.10. The third kappa shape index (κ3) is 2.58. The predicted molar refractivity (Wildman–Crippen MR) is 77.0 cm³/mol. The molecule has 5 heteroatoms. The number of carbonyl (C=O) groups excluding carboxylic acids is 2. The van der Waals surface area contributed by atoms with Crippen LogP contribution in [0.25, 0.3) is 0 Å². The molecule has 1 amide bonds. The highest BCUT2D eigenvalue weighted by Crippen LogP contribution is 2.37. The van der Waals surface area contributed by atoms with Crippen molar-refractivity contribution in [1.82, 2.24) is 0 Å². The first-order chi connectivity index (χ1) is 10.1. The molecule has 21 heavy (non-hydrogen) atoms. The first-order valence-corrected chi connectivity index (χ1v) is 6.46. The molecule has 0 fully saturated rings. The highest BCUT2D eigenvalue weighted by Gasteiger charge is 2.20. The maximum atomic E-state index is 12.2. The normalized spacial score (nSPS) is 12.0. The van der Waals surface area contributed by atoms with Gasteiger partial charge in [-0.1, -0.05) is 18.2 Å². The highest BCUT2D eigenvalue weighted by molar-refractivity contribution is 6.09. The van der Waals surface area contributed by atoms with Crippen molar-refractivity contribution in [2.45, 2.75) is 6.92 Å². The van der Waals surface area contributed by atoms with Crippen molar-refractivity contribution >= 4 is 17.4 Å². The molecule has 0 saturated carbocycles. The third-order valence-corrected chi connectivity index (χ3v) is 3.18. The van der Waals surface area contributed by atoms with Crippen molar-refractivity contribution < 1.29 is 19.1 Å². The molecule has 0 aromatic heterocycles. The second-order valence-electron chi connectivity index (χ2n) is 4.63. The zero-order chi connectivity index (χ0) is 14.8. The fraction of sp³-hybridized carbons (Fsp3) is 0.125. The van der Waals surface area contributed by atoms with Gasteiger partial charge in [-0.25, -0.2) is 0 Å². The number of ketones is 1. The van der Waals surface area contributed by atoms with Crippen LogP contribution in [-0.4, -0.2) is 18.5 Å². The minimum Gasteiger partial charge on any atom is -0.454 e. The van der Waals surface area contributed by atoms with E-state index in [1.54, 1.807) is 36.4 Å². The standard InChI is InChI=1S/C16H13NO4/c1-10(18)12-7-14-15(21-9-20-14)8-13(12)17-16(19)11-5-3-2-4-6-11/h2-8H,9H2,1H3,(H,17,19). The summed E-state index contributed by atoms with van der Waals surface area (Å²) < 4.78 is 10.5. The lowest BCUT2D eigenvalue weighted by molar-refractivity contribution is 0.101. The van der Waals surface area contributed by atoms with Gasteiger partial charge in [-0.3, -0.25) is 9.59 Å². The van der Waals surface area contributed by atoms with Gasteiger partial charge in [-0.05, 0) is 25.1 Å². The van der Waals surface area contributed by atoms with Gasteiger partial charge in [0.1, 0.15) is 0 Å². The van der Waals surface area contributed by atoms with Gasteiger partial charge in [0.25, 0.3) is 5.91 Å². The van der Waals surface area contributed by atoms with Crippen LogP contribution in [0.2, 0.25) is 0 Å². The molecule has 1 heterocycles. The Kier molecular flexibility index (Phi) is 3.31. The van der Waals surface area contributed by atoms with Gasteiger partial charge < -0.3 is 14.8 Å². The Bertz CT molecular complexity index is 710. The van der Waals surface area contributed by atoms with E-state index in [9.17, 15) is 9.59 Å². The Labute approximate surface area is 121 Å². The Morgan fingerprint density at radius 2 is 1.71 bits per heavy atom. The molecule has 0 radical (unpaired) electrons. The molecule has 5 nitrogen and oxygen atoms in total. The molecule has 1 N–H and O–H groups in total. The third-order valence-electron chi connectivity index (χ3n) is 3.18. The molecule has 2 aromatic rings. The highest BCUT2D eigenvalue weighted by atomic mass is 16.7. The molecule has 0 atom stereocenters. The van der Waals surface area contributed by atoms with Crippen molar-refractivity contribution in [3.8, 4) is 11.5 Å². The summed E-state index contributed by atoms with van der Waals surface area (Å²) in [6.07, 6.45) is 0. The quantitative estimate of drug-likeness (QED) is 0.880. The number of benzene rings is 2. The van der Waals surface area contributed by atoms with E-state index in [2.05, 4.69) is 5.32 Å². The molecule has 1 aliphatic rings. The number of rotatable bonds is 3. The number of anilines is 1. The monoisotopic (exact) mass is 283 g/mol. The number of fused-ring (bicyclic) bond motifs is 1. The fourth-order valence-electron chi connectivity index (χ4n) is 2.12. The van der Waals surface area contributed by atoms with E-state index in [0.717, 1.165) is 0 Å². The van der Waals surface area contributed by atoms with E-state index in [1.807, 2.05) is 6.07 Å². The summed E-state index contributed by atoms with van der Waals surface area (Å²) in [5.74, 6) is 0.592. The van der Waals surface area contributed by atoms with Crippen LogP contribution in [0, 0.1) is 0 Å². The summed E-state index contributed by atoms with van der Waals surface area (Å²) >= 11 is 0. The van der Waals surface area contributed by atoms with Crippen molar-refractivity contribution in [1.29, 1.82) is 0 Å². The molecule has 0 saturated heterocycles. The van der Waals surface area contributed by atoms with Crippen LogP contribution in [0.5, 0.6) is 11.5 Å². The van der Waals surface area contributed by atoms with Gasteiger partial charge in [-0.15, -0.1) is 0 Å². The molecular formula is C16H13NO4. The van der Waals surface area contributed by atoms with Gasteiger partial charge in [0.05, 0.1) is 5.69 Å². The van der Waals surface area contributed by atoms with Gasteiger partial charge in [0, 0.05) is 17.2 Å². The van der Waals surface area contributed by atoms with E-state index < -0.39 is 0 Å². The molecule has 0 unspecified atom stereocenters. The van der Waals surface area contributed by atoms with Crippen LogP contribution in [-0.2, 0) is 0 Å². The summed E-state index contributed by atoms with van der Waals surface area (Å²) in [5, 5.41) is 2.74. The topological polar surface area (TPSA) is 64.6 Å². The number of nitrogens with one attached hydrogen (secondary N) is 1. The molecule has 0 spiro atoms. The second kappa shape index (κ2) is 5.28. The SMILES string of the molecule is CC(=O)c1cc2c(cc1NC(=O)c1ccccc1)OCO2. The Morgan fingerprint density at radius 3 is 2.38 bits per heavy atom. The van der Waals surface area contributed by atoms with E-state index >= 15 is 0 Å². The molecule has 1 aliphatic heterocycles. The number of amides is 1. The van der Waals surface area contributed by atoms with Crippen molar-refractivity contribution in [3.05, 3.63) is 53.6 Å². The second-order valence-corrected chi connectivity index (χ2v) is 4.63. The average molecular weight is 283 g/mol. The zero-order valence-electron chi connectivity index (χ0n) is 11.4. The molecule has 3 rings (SSSR count). The Morgan fingerprint density at radius 1 is 1.05 bits per heavy atom. The molecule has 0 aliphatic carbocycles. The maximum Gasteiger partial charge on any atom is 0.255 e. The smallest absolute Gasteiger partial charge is 0.255 e. The molecule has 2 aromatic carbocycles. The zero-order valence-corrected chi connectivity index (χ0v) is 11.4. The van der Waals surface area contributed by atoms with Crippen LogP contribution in [0.15, 0.2) is 42.5 Å². The number of carbonyl (C=O) groups is 2. The number of hydrogen-bond donors (Lipinski definition) is 1. The first-order valence-electron chi connectivity index (χ1n) is 6.46. The van der Waals surface area contributed by atoms with Crippen LogP contribution < -0.4 is 14.8 Å². The molecule has 0 bridgehead atoms. The summed E-state index contributed by atoms with van der Waals surface area (Å²) in [5.41, 5.74) is 1.33. The number of ether oxygens (including phenoxy) is 2. The van der Waals surface area contributed by atoms with Crippen LogP contribution in [0.3, 0.4) is 0 Å². The van der Waals surface area contributed by atoms with Crippen LogP contribution in [0.4, 0.5) is 5.69 Å². The lowest BCUT2D eigenvalue weighted by Crippen LogP contribution is -2.14. The Balaban J connectivity index is 1.95. The molecular weight excluding hydrogens is 270 g/mol. The molecule has 106 valence electrons. The predicted octanol–water partition coefficient (Wildman–Crippen LogP) is 2.87. The van der Waals surface area contributed by atoms with Crippen LogP contribution >= 0.6 is 0 Å². The minimum absolute atomic E-state index is 0.114. The average Bonchev–Trinajstić information content (AvgIpc) is 2.94. The van der Waals surface area contributed by atoms with Crippen LogP contribution in [0.1, 0.15) is 27.6 Å². The van der Waals surface area contributed by atoms with Crippen molar-refractivity contribution in [2.75, 3.05) is 12.1 Å². The van der Waals surface area contributed by atoms with E-state index in [0.29, 0.717) is 28.3 Å². The lowest BCUT2D eigenvalue weighted by atomic mass is 10.1. The van der Waals surface area contributed by atoms with E-state index in [4.69, 9.17) is 9.47 Å². The van der Waals surface area contributed by atoms with Gasteiger partial charge in [-0.2, -0.15) is 0 Å². The van der Waals surface area contributed by atoms with E-state index in [1.165, 1.54) is 6.92 Å². The van der Waals surface area contributed by atoms with Gasteiger partial charge >= 0.3 is 0 Å². The largest absolute Gasteiger partial charge is 0.454 e. The summed E-state index contributed by atoms with van der Waals surface area (Å²) in [6.45, 7) is 1.55. The van der Waals surface area contributed by atoms with Gasteiger partial charge in [0.2, 0.25) is 6.79 Å². The van der Waals surface area contributed by atoms with E-state index in [-0.39, 0.29) is 18.5 Å². The summed E-state index contributed by atoms with van der Waals surface area (Å²) in [7, 11) is 0. The first kappa shape index (κ1) is 13.2. The number of Topliss-reactive ketones (excluding diaryl/α,β-unsaturated/α-hetero) is 1. The fourth-order valence-corrected chi connectivity index (χ4v) is 2.12. The van der Waals surface area contributed by atoms with Gasteiger partial charge in [0.15, 0.2) is 17.3 Å². The minimum atomic E-state index is -0.281. The maximum absolute atomic E-state index is 12.2. The van der Waals surface area contributed by atoms with Crippen molar-refractivity contribution in [3.63, 3.8) is 0 Å². The van der Waals surface area contributed by atoms with Crippen molar-refractivity contribution in [2.24, 2.45) is 0 Å². The number of hydrogen-bond acceptors (Lipinski definition) is 4. The Hall–Kier alpha value is -2.82. The summed E-state index contributed by atoms with van der Waals surface area (Å²) in [6, 6.07) is 12.0.